The van der Waals surface area contributed by atoms with E-state index in [0.717, 1.165) is 9.79 Å². The van der Waals surface area contributed by atoms with Crippen LogP contribution in [0.2, 0.25) is 5.02 Å². The molecule has 0 aliphatic rings. The molecule has 2 aromatic carbocycles. The van der Waals surface area contributed by atoms with Crippen LogP contribution in [0.25, 0.3) is 0 Å². The van der Waals surface area contributed by atoms with Gasteiger partial charge in [-0.3, -0.25) is 4.79 Å². The molecule has 0 aliphatic carbocycles. The van der Waals surface area contributed by atoms with Crippen molar-refractivity contribution in [3.63, 3.8) is 0 Å². The normalized spacial score (nSPS) is 10.5. The maximum Gasteiger partial charge on any atom is 0.253 e. The van der Waals surface area contributed by atoms with E-state index in [1.165, 1.54) is 16.7 Å². The van der Waals surface area contributed by atoms with Crippen molar-refractivity contribution in [3.8, 4) is 0 Å². The summed E-state index contributed by atoms with van der Waals surface area (Å²) in [6.07, 6.45) is 2.03. The smallest absolute Gasteiger partial charge is 0.253 e. The zero-order chi connectivity index (χ0) is 13.8. The SMILES string of the molecule is CSc1ccc(Sc2ccc(Cl)cc2C(=O)Cl)cc1. The molecule has 0 aliphatic heterocycles. The fourth-order valence-electron chi connectivity index (χ4n) is 1.52. The minimum absolute atomic E-state index is 0.438. The number of carbonyl (C=O) groups excluding carboxylic acids is 1. The summed E-state index contributed by atoms with van der Waals surface area (Å²) in [4.78, 5) is 14.5. The molecule has 0 heterocycles. The zero-order valence-electron chi connectivity index (χ0n) is 10.0. The standard InChI is InChI=1S/C14H10Cl2OS2/c1-18-10-3-5-11(6-4-10)19-13-7-2-9(15)8-12(13)14(16)17/h2-8H,1H3. The van der Waals surface area contributed by atoms with Crippen molar-refractivity contribution < 1.29 is 4.79 Å². The lowest BCUT2D eigenvalue weighted by molar-refractivity contribution is 0.107. The number of thioether (sulfide) groups is 1. The molecule has 0 atom stereocenters. The van der Waals surface area contributed by atoms with Crippen LogP contribution in [-0.2, 0) is 0 Å². The van der Waals surface area contributed by atoms with Crippen LogP contribution >= 0.6 is 46.7 Å². The quantitative estimate of drug-likeness (QED) is 0.537. The van der Waals surface area contributed by atoms with Crippen LogP contribution in [0.5, 0.6) is 0 Å². The molecule has 2 rings (SSSR count). The summed E-state index contributed by atoms with van der Waals surface area (Å²) in [5.74, 6) is 0. The molecule has 19 heavy (non-hydrogen) atoms. The molecule has 0 N–H and O–H groups in total. The lowest BCUT2D eigenvalue weighted by atomic mass is 10.2. The summed E-state index contributed by atoms with van der Waals surface area (Å²) in [5, 5.41) is 0.0109. The van der Waals surface area contributed by atoms with Gasteiger partial charge in [0.15, 0.2) is 0 Å². The van der Waals surface area contributed by atoms with Gasteiger partial charge < -0.3 is 0 Å². The molecule has 98 valence electrons. The second kappa shape index (κ2) is 6.71. The molecule has 2 aromatic rings. The van der Waals surface area contributed by atoms with E-state index in [-0.39, 0.29) is 0 Å². The van der Waals surface area contributed by atoms with E-state index >= 15 is 0 Å². The number of benzene rings is 2. The topological polar surface area (TPSA) is 17.1 Å². The molecular weight excluding hydrogens is 319 g/mol. The monoisotopic (exact) mass is 328 g/mol. The first-order valence-electron chi connectivity index (χ1n) is 5.41. The molecule has 5 heteroatoms. The Morgan fingerprint density at radius 3 is 2.26 bits per heavy atom. The number of carbonyl (C=O) groups is 1. The van der Waals surface area contributed by atoms with Crippen molar-refractivity contribution in [1.82, 2.24) is 0 Å². The Hall–Kier alpha value is -0.610. The molecule has 0 bridgehead atoms. The first kappa shape index (κ1) is 14.8. The van der Waals surface area contributed by atoms with E-state index in [9.17, 15) is 4.79 Å². The Morgan fingerprint density at radius 1 is 1.05 bits per heavy atom. The Morgan fingerprint density at radius 2 is 1.68 bits per heavy atom. The summed E-state index contributed by atoms with van der Waals surface area (Å²) in [6.45, 7) is 0. The van der Waals surface area contributed by atoms with Crippen LogP contribution in [0, 0.1) is 0 Å². The highest BCUT2D eigenvalue weighted by atomic mass is 35.5. The van der Waals surface area contributed by atoms with Gasteiger partial charge in [0, 0.05) is 25.3 Å². The van der Waals surface area contributed by atoms with Gasteiger partial charge in [0.05, 0.1) is 0 Å². The maximum absolute atomic E-state index is 11.4. The third-order valence-corrected chi connectivity index (χ3v) is 4.71. The van der Waals surface area contributed by atoms with Gasteiger partial charge in [-0.15, -0.1) is 11.8 Å². The zero-order valence-corrected chi connectivity index (χ0v) is 13.2. The van der Waals surface area contributed by atoms with Crippen molar-refractivity contribution in [2.24, 2.45) is 0 Å². The fourth-order valence-corrected chi connectivity index (χ4v) is 3.23. The number of rotatable bonds is 4. The van der Waals surface area contributed by atoms with Crippen LogP contribution < -0.4 is 0 Å². The second-order valence-corrected chi connectivity index (χ2v) is 6.47. The van der Waals surface area contributed by atoms with E-state index in [2.05, 4.69) is 0 Å². The van der Waals surface area contributed by atoms with Crippen LogP contribution in [0.1, 0.15) is 10.4 Å². The van der Waals surface area contributed by atoms with Crippen LogP contribution in [0.4, 0.5) is 0 Å². The van der Waals surface area contributed by atoms with E-state index in [4.69, 9.17) is 23.2 Å². The first-order valence-corrected chi connectivity index (χ1v) is 8.21. The fraction of sp³-hybridized carbons (Fsp3) is 0.0714. The second-order valence-electron chi connectivity index (χ2n) is 3.69. The minimum Gasteiger partial charge on any atom is -0.276 e. The number of hydrogen-bond acceptors (Lipinski definition) is 3. The largest absolute Gasteiger partial charge is 0.276 e. The molecule has 0 radical (unpaired) electrons. The van der Waals surface area contributed by atoms with Crippen molar-refractivity contribution >= 4 is 52.0 Å². The molecule has 1 nitrogen and oxygen atoms in total. The molecule has 0 spiro atoms. The van der Waals surface area contributed by atoms with Gasteiger partial charge in [-0.1, -0.05) is 23.4 Å². The van der Waals surface area contributed by atoms with Crippen molar-refractivity contribution in [2.75, 3.05) is 6.26 Å². The average molecular weight is 329 g/mol. The van der Waals surface area contributed by atoms with Gasteiger partial charge in [-0.25, -0.2) is 0 Å². The highest BCUT2D eigenvalue weighted by Gasteiger charge is 2.11. The lowest BCUT2D eigenvalue weighted by Crippen LogP contribution is -1.92. The van der Waals surface area contributed by atoms with Crippen LogP contribution in [0.15, 0.2) is 57.2 Å². The van der Waals surface area contributed by atoms with Gasteiger partial charge >= 0.3 is 0 Å². The summed E-state index contributed by atoms with van der Waals surface area (Å²) in [7, 11) is 0. The third-order valence-electron chi connectivity index (χ3n) is 2.44. The summed E-state index contributed by atoms with van der Waals surface area (Å²) >= 11 is 14.6. The van der Waals surface area contributed by atoms with E-state index in [1.54, 1.807) is 23.9 Å². The molecule has 0 saturated carbocycles. The van der Waals surface area contributed by atoms with Gasteiger partial charge in [0.25, 0.3) is 5.24 Å². The Labute approximate surface area is 130 Å². The Kier molecular flexibility index (Phi) is 5.22. The van der Waals surface area contributed by atoms with Crippen LogP contribution in [0.3, 0.4) is 0 Å². The molecule has 0 aromatic heterocycles. The van der Waals surface area contributed by atoms with Gasteiger partial charge in [0.1, 0.15) is 0 Å². The van der Waals surface area contributed by atoms with Crippen molar-refractivity contribution in [3.05, 3.63) is 53.1 Å². The molecule has 0 unspecified atom stereocenters. The van der Waals surface area contributed by atoms with E-state index in [0.29, 0.717) is 10.6 Å². The molecule has 0 amide bonds. The number of halogens is 2. The van der Waals surface area contributed by atoms with Gasteiger partial charge in [-0.05, 0) is 60.3 Å². The van der Waals surface area contributed by atoms with Gasteiger partial charge in [-0.2, -0.15) is 0 Å². The minimum atomic E-state index is -0.495. The van der Waals surface area contributed by atoms with Crippen molar-refractivity contribution in [1.29, 1.82) is 0 Å². The first-order chi connectivity index (χ1) is 9.10. The average Bonchev–Trinajstić information content (AvgIpc) is 2.41. The number of hydrogen-bond donors (Lipinski definition) is 0. The third kappa shape index (κ3) is 3.93. The summed E-state index contributed by atoms with van der Waals surface area (Å²) < 4.78 is 0. The van der Waals surface area contributed by atoms with Crippen molar-refractivity contribution in [2.45, 2.75) is 14.7 Å². The Balaban J connectivity index is 2.29. The summed E-state index contributed by atoms with van der Waals surface area (Å²) in [5.41, 5.74) is 0.438. The molecule has 0 saturated heterocycles. The predicted molar refractivity (Wildman–Crippen MR) is 84.0 cm³/mol. The van der Waals surface area contributed by atoms with Gasteiger partial charge in [0.2, 0.25) is 0 Å². The molecule has 0 fully saturated rings. The highest BCUT2D eigenvalue weighted by molar-refractivity contribution is 7.99. The summed E-state index contributed by atoms with van der Waals surface area (Å²) in [6, 6.07) is 13.3. The van der Waals surface area contributed by atoms with Crippen LogP contribution in [-0.4, -0.2) is 11.5 Å². The molecular formula is C14H10Cl2OS2. The Bertz CT molecular complexity index is 597. The maximum atomic E-state index is 11.4. The van der Waals surface area contributed by atoms with E-state index < -0.39 is 5.24 Å². The predicted octanol–water partition coefficient (Wildman–Crippen LogP) is 5.59. The lowest BCUT2D eigenvalue weighted by Gasteiger charge is -2.07. The van der Waals surface area contributed by atoms with E-state index in [1.807, 2.05) is 36.6 Å². The highest BCUT2D eigenvalue weighted by Crippen LogP contribution is 2.33.